The van der Waals surface area contributed by atoms with E-state index in [1.54, 1.807) is 0 Å². The third-order valence-electron chi connectivity index (χ3n) is 5.21. The highest BCUT2D eigenvalue weighted by Crippen LogP contribution is 2.22. The highest BCUT2D eigenvalue weighted by atomic mass is 16.1. The summed E-state index contributed by atoms with van der Waals surface area (Å²) in [5, 5.41) is 9.51. The molecule has 0 spiro atoms. The molecule has 1 heterocycles. The van der Waals surface area contributed by atoms with Crippen molar-refractivity contribution in [1.82, 2.24) is 9.97 Å². The zero-order valence-electron chi connectivity index (χ0n) is 19.2. The predicted octanol–water partition coefficient (Wildman–Crippen LogP) is 6.45. The maximum Gasteiger partial charge on any atom is 0.255 e. The van der Waals surface area contributed by atoms with Crippen LogP contribution in [0.2, 0.25) is 0 Å². The summed E-state index contributed by atoms with van der Waals surface area (Å²) in [5.41, 5.74) is 7.25. The minimum Gasteiger partial charge on any atom is -0.340 e. The van der Waals surface area contributed by atoms with Crippen LogP contribution < -0.4 is 16.0 Å². The van der Waals surface area contributed by atoms with Gasteiger partial charge in [0, 0.05) is 34.4 Å². The van der Waals surface area contributed by atoms with E-state index in [9.17, 15) is 4.79 Å². The molecule has 0 aliphatic rings. The Morgan fingerprint density at radius 2 is 1.27 bits per heavy atom. The number of rotatable bonds is 6. The molecule has 0 saturated carbocycles. The van der Waals surface area contributed by atoms with Gasteiger partial charge in [-0.2, -0.15) is 4.98 Å². The van der Waals surface area contributed by atoms with Crippen molar-refractivity contribution in [1.29, 1.82) is 0 Å². The van der Waals surface area contributed by atoms with Crippen LogP contribution in [0.25, 0.3) is 0 Å². The maximum absolute atomic E-state index is 12.7. The van der Waals surface area contributed by atoms with E-state index in [1.807, 2.05) is 93.6 Å². The van der Waals surface area contributed by atoms with Crippen LogP contribution in [0, 0.1) is 27.7 Å². The molecule has 0 fully saturated rings. The van der Waals surface area contributed by atoms with Gasteiger partial charge in [0.1, 0.15) is 5.82 Å². The second-order valence-corrected chi connectivity index (χ2v) is 8.18. The number of amides is 1. The summed E-state index contributed by atoms with van der Waals surface area (Å²) in [4.78, 5) is 21.7. The number of carbonyl (C=O) groups excluding carboxylic acids is 1. The minimum absolute atomic E-state index is 0.116. The first-order valence-corrected chi connectivity index (χ1v) is 10.8. The van der Waals surface area contributed by atoms with Crippen LogP contribution in [0.5, 0.6) is 0 Å². The van der Waals surface area contributed by atoms with Gasteiger partial charge < -0.3 is 16.0 Å². The van der Waals surface area contributed by atoms with Crippen molar-refractivity contribution < 1.29 is 4.79 Å². The highest BCUT2D eigenvalue weighted by Gasteiger charge is 2.10. The third-order valence-corrected chi connectivity index (χ3v) is 5.21. The lowest BCUT2D eigenvalue weighted by Gasteiger charge is -2.12. The topological polar surface area (TPSA) is 78.9 Å². The fraction of sp³-hybridized carbons (Fsp3) is 0.148. The van der Waals surface area contributed by atoms with Crippen molar-refractivity contribution in [2.75, 3.05) is 16.0 Å². The Balaban J connectivity index is 1.44. The molecule has 0 saturated heterocycles. The van der Waals surface area contributed by atoms with Gasteiger partial charge in [0.15, 0.2) is 0 Å². The number of carbonyl (C=O) groups is 1. The smallest absolute Gasteiger partial charge is 0.255 e. The second kappa shape index (κ2) is 9.53. The molecule has 33 heavy (non-hydrogen) atoms. The SMILES string of the molecule is Cc1ccc(Nc2nc(C)cc(Nc3ccc(NC(=O)c4cc(C)ccc4C)cc3)n2)cc1. The van der Waals surface area contributed by atoms with E-state index in [0.29, 0.717) is 17.3 Å². The molecule has 4 aromatic rings. The summed E-state index contributed by atoms with van der Waals surface area (Å²) in [7, 11) is 0. The molecule has 0 unspecified atom stereocenters. The first-order valence-electron chi connectivity index (χ1n) is 10.8. The van der Waals surface area contributed by atoms with Crippen molar-refractivity contribution in [3.8, 4) is 0 Å². The second-order valence-electron chi connectivity index (χ2n) is 8.18. The molecule has 166 valence electrons. The van der Waals surface area contributed by atoms with Gasteiger partial charge in [0.25, 0.3) is 5.91 Å². The molecule has 3 aromatic carbocycles. The Morgan fingerprint density at radius 1 is 0.667 bits per heavy atom. The summed E-state index contributed by atoms with van der Waals surface area (Å²) in [6.07, 6.45) is 0. The fourth-order valence-electron chi connectivity index (χ4n) is 3.42. The summed E-state index contributed by atoms with van der Waals surface area (Å²) in [6, 6.07) is 23.4. The predicted molar refractivity (Wildman–Crippen MR) is 135 cm³/mol. The lowest BCUT2D eigenvalue weighted by molar-refractivity contribution is 0.102. The maximum atomic E-state index is 12.7. The van der Waals surface area contributed by atoms with Crippen LogP contribution in [0.3, 0.4) is 0 Å². The van der Waals surface area contributed by atoms with Crippen LogP contribution in [0.1, 0.15) is 32.7 Å². The molecule has 4 rings (SSSR count). The Morgan fingerprint density at radius 3 is 2.00 bits per heavy atom. The van der Waals surface area contributed by atoms with Gasteiger partial charge in [-0.3, -0.25) is 4.79 Å². The molecular weight excluding hydrogens is 410 g/mol. The van der Waals surface area contributed by atoms with E-state index in [2.05, 4.69) is 32.8 Å². The summed E-state index contributed by atoms with van der Waals surface area (Å²) >= 11 is 0. The van der Waals surface area contributed by atoms with Crippen LogP contribution >= 0.6 is 0 Å². The van der Waals surface area contributed by atoms with Gasteiger partial charge in [-0.05, 0) is 75.7 Å². The summed E-state index contributed by atoms with van der Waals surface area (Å²) in [6.45, 7) is 7.90. The summed E-state index contributed by atoms with van der Waals surface area (Å²) < 4.78 is 0. The molecule has 1 aromatic heterocycles. The number of aryl methyl sites for hydroxylation is 4. The first-order chi connectivity index (χ1) is 15.9. The van der Waals surface area contributed by atoms with Crippen LogP contribution in [-0.2, 0) is 0 Å². The van der Waals surface area contributed by atoms with Gasteiger partial charge in [-0.15, -0.1) is 0 Å². The van der Waals surface area contributed by atoms with Gasteiger partial charge in [-0.25, -0.2) is 4.98 Å². The van der Waals surface area contributed by atoms with E-state index in [1.165, 1.54) is 5.56 Å². The fourth-order valence-corrected chi connectivity index (χ4v) is 3.42. The molecule has 0 atom stereocenters. The van der Waals surface area contributed by atoms with E-state index >= 15 is 0 Å². The number of hydrogen-bond donors (Lipinski definition) is 3. The molecule has 0 radical (unpaired) electrons. The van der Waals surface area contributed by atoms with Gasteiger partial charge in [-0.1, -0.05) is 35.4 Å². The largest absolute Gasteiger partial charge is 0.340 e. The number of anilines is 5. The molecule has 6 nitrogen and oxygen atoms in total. The monoisotopic (exact) mass is 437 g/mol. The summed E-state index contributed by atoms with van der Waals surface area (Å²) in [5.74, 6) is 1.10. The molecule has 6 heteroatoms. The normalized spacial score (nSPS) is 10.5. The van der Waals surface area contributed by atoms with E-state index in [-0.39, 0.29) is 5.91 Å². The molecular formula is C27H27N5O. The molecule has 0 aliphatic carbocycles. The Labute approximate surface area is 194 Å². The van der Waals surface area contributed by atoms with Crippen molar-refractivity contribution in [2.45, 2.75) is 27.7 Å². The van der Waals surface area contributed by atoms with Gasteiger partial charge in [0.2, 0.25) is 5.95 Å². The number of aromatic nitrogens is 2. The first kappa shape index (κ1) is 22.0. The van der Waals surface area contributed by atoms with Crippen molar-refractivity contribution >= 4 is 34.7 Å². The van der Waals surface area contributed by atoms with Gasteiger partial charge >= 0.3 is 0 Å². The van der Waals surface area contributed by atoms with Crippen LogP contribution in [-0.4, -0.2) is 15.9 Å². The lowest BCUT2D eigenvalue weighted by atomic mass is 10.1. The molecule has 3 N–H and O–H groups in total. The number of nitrogens with zero attached hydrogens (tertiary/aromatic N) is 2. The van der Waals surface area contributed by atoms with Crippen molar-refractivity contribution in [3.63, 3.8) is 0 Å². The van der Waals surface area contributed by atoms with E-state index < -0.39 is 0 Å². The number of hydrogen-bond acceptors (Lipinski definition) is 5. The molecule has 0 bridgehead atoms. The van der Waals surface area contributed by atoms with E-state index in [0.717, 1.165) is 33.9 Å². The lowest BCUT2D eigenvalue weighted by Crippen LogP contribution is -2.13. The zero-order valence-corrected chi connectivity index (χ0v) is 19.2. The average molecular weight is 438 g/mol. The van der Waals surface area contributed by atoms with Crippen molar-refractivity contribution in [3.05, 3.63) is 101 Å². The van der Waals surface area contributed by atoms with Crippen LogP contribution in [0.4, 0.5) is 28.8 Å². The van der Waals surface area contributed by atoms with Gasteiger partial charge in [0.05, 0.1) is 0 Å². The van der Waals surface area contributed by atoms with Crippen LogP contribution in [0.15, 0.2) is 72.8 Å². The molecule has 0 aliphatic heterocycles. The van der Waals surface area contributed by atoms with E-state index in [4.69, 9.17) is 0 Å². The number of nitrogens with one attached hydrogen (secondary N) is 3. The Bertz CT molecular complexity index is 1280. The Hall–Kier alpha value is -4.19. The quantitative estimate of drug-likeness (QED) is 0.323. The zero-order chi connectivity index (χ0) is 23.4. The molecule has 1 amide bonds. The number of benzene rings is 3. The highest BCUT2D eigenvalue weighted by molar-refractivity contribution is 6.05. The minimum atomic E-state index is -0.116. The Kier molecular flexibility index (Phi) is 6.36. The van der Waals surface area contributed by atoms with Crippen molar-refractivity contribution in [2.24, 2.45) is 0 Å². The average Bonchev–Trinajstić information content (AvgIpc) is 2.78. The standard InChI is InChI=1S/C27H27N5O/c1-17-6-9-23(10-7-17)31-27-28-20(4)16-25(32-27)29-21-11-13-22(14-12-21)30-26(33)24-15-18(2)5-8-19(24)3/h5-16H,1-4H3,(H,30,33)(H2,28,29,31,32). The third kappa shape index (κ3) is 5.74.